The SMILES string of the molecule is COc1cc(N2CCN(Cc3cnc(N)nc3)CC2)nc(OC)n1. The van der Waals surface area contributed by atoms with Crippen LogP contribution in [0.1, 0.15) is 5.56 Å². The standard InChI is InChI=1S/C15H21N7O2/c1-23-13-7-12(19-15(20-13)24-2)22-5-3-21(4-6-22)10-11-8-17-14(16)18-9-11/h7-9H,3-6,10H2,1-2H3,(H2,16,17,18). The van der Waals surface area contributed by atoms with Crippen LogP contribution >= 0.6 is 0 Å². The van der Waals surface area contributed by atoms with Crippen molar-refractivity contribution in [3.63, 3.8) is 0 Å². The summed E-state index contributed by atoms with van der Waals surface area (Å²) in [6.07, 6.45) is 3.55. The molecule has 3 rings (SSSR count). The highest BCUT2D eigenvalue weighted by Gasteiger charge is 2.20. The number of nitrogen functional groups attached to an aromatic ring is 1. The third-order valence-electron chi connectivity index (χ3n) is 3.89. The number of nitrogens with two attached hydrogens (primary N) is 1. The van der Waals surface area contributed by atoms with E-state index in [1.54, 1.807) is 26.6 Å². The fourth-order valence-electron chi connectivity index (χ4n) is 2.59. The van der Waals surface area contributed by atoms with Gasteiger partial charge in [0.25, 0.3) is 0 Å². The second-order valence-electron chi connectivity index (χ2n) is 5.47. The van der Waals surface area contributed by atoms with Gasteiger partial charge in [0, 0.05) is 56.7 Å². The summed E-state index contributed by atoms with van der Waals surface area (Å²) in [7, 11) is 3.13. The maximum Gasteiger partial charge on any atom is 0.321 e. The molecule has 0 spiro atoms. The van der Waals surface area contributed by atoms with Crippen molar-refractivity contribution in [2.45, 2.75) is 6.54 Å². The Morgan fingerprint density at radius 1 is 1.04 bits per heavy atom. The van der Waals surface area contributed by atoms with Crippen molar-refractivity contribution < 1.29 is 9.47 Å². The molecule has 2 N–H and O–H groups in total. The van der Waals surface area contributed by atoms with Crippen molar-refractivity contribution in [3.05, 3.63) is 24.0 Å². The molecular weight excluding hydrogens is 310 g/mol. The molecule has 24 heavy (non-hydrogen) atoms. The zero-order valence-corrected chi connectivity index (χ0v) is 13.8. The Kier molecular flexibility index (Phi) is 4.90. The van der Waals surface area contributed by atoms with Crippen molar-refractivity contribution in [1.82, 2.24) is 24.8 Å². The molecule has 0 amide bonds. The lowest BCUT2D eigenvalue weighted by Gasteiger charge is -2.35. The van der Waals surface area contributed by atoms with Gasteiger partial charge in [0.05, 0.1) is 14.2 Å². The van der Waals surface area contributed by atoms with Crippen LogP contribution in [-0.2, 0) is 6.54 Å². The summed E-state index contributed by atoms with van der Waals surface area (Å²) in [5.41, 5.74) is 6.57. The lowest BCUT2D eigenvalue weighted by atomic mass is 10.2. The Labute approximate surface area is 140 Å². The van der Waals surface area contributed by atoms with Gasteiger partial charge in [-0.3, -0.25) is 4.90 Å². The number of piperazine rings is 1. The van der Waals surface area contributed by atoms with Crippen molar-refractivity contribution in [1.29, 1.82) is 0 Å². The van der Waals surface area contributed by atoms with Crippen LogP contribution in [0.15, 0.2) is 18.5 Å². The molecule has 0 unspecified atom stereocenters. The van der Waals surface area contributed by atoms with Crippen LogP contribution < -0.4 is 20.1 Å². The highest BCUT2D eigenvalue weighted by Crippen LogP contribution is 2.22. The van der Waals surface area contributed by atoms with E-state index in [0.29, 0.717) is 17.8 Å². The second kappa shape index (κ2) is 7.26. The minimum Gasteiger partial charge on any atom is -0.481 e. The van der Waals surface area contributed by atoms with Crippen LogP contribution in [0.2, 0.25) is 0 Å². The molecule has 1 aliphatic heterocycles. The van der Waals surface area contributed by atoms with Crippen LogP contribution in [0, 0.1) is 0 Å². The van der Waals surface area contributed by atoms with Crippen LogP contribution in [0.3, 0.4) is 0 Å². The Balaban J connectivity index is 1.61. The number of ether oxygens (including phenoxy) is 2. The predicted octanol–water partition coefficient (Wildman–Crippen LogP) is 0.188. The number of nitrogens with zero attached hydrogens (tertiary/aromatic N) is 6. The molecule has 0 saturated carbocycles. The zero-order valence-electron chi connectivity index (χ0n) is 13.8. The first-order valence-electron chi connectivity index (χ1n) is 7.68. The van der Waals surface area contributed by atoms with E-state index >= 15 is 0 Å². The molecule has 0 aliphatic carbocycles. The summed E-state index contributed by atoms with van der Waals surface area (Å²) in [6, 6.07) is 2.14. The molecular formula is C15H21N7O2. The first-order chi connectivity index (χ1) is 11.7. The highest BCUT2D eigenvalue weighted by atomic mass is 16.5. The van der Waals surface area contributed by atoms with Gasteiger partial charge < -0.3 is 20.1 Å². The normalized spacial score (nSPS) is 15.3. The van der Waals surface area contributed by atoms with Gasteiger partial charge in [0.15, 0.2) is 0 Å². The zero-order chi connectivity index (χ0) is 16.9. The Bertz CT molecular complexity index is 650. The van der Waals surface area contributed by atoms with Gasteiger partial charge >= 0.3 is 6.01 Å². The first-order valence-corrected chi connectivity index (χ1v) is 7.68. The van der Waals surface area contributed by atoms with Crippen molar-refractivity contribution in [2.75, 3.05) is 51.0 Å². The molecule has 3 heterocycles. The highest BCUT2D eigenvalue weighted by molar-refractivity contribution is 5.43. The first kappa shape index (κ1) is 16.2. The Hall–Kier alpha value is -2.68. The number of methoxy groups -OCH3 is 2. The topological polar surface area (TPSA) is 103 Å². The molecule has 9 heteroatoms. The molecule has 9 nitrogen and oxygen atoms in total. The summed E-state index contributed by atoms with van der Waals surface area (Å²) >= 11 is 0. The number of rotatable bonds is 5. The van der Waals surface area contributed by atoms with Gasteiger partial charge in [-0.15, -0.1) is 0 Å². The average Bonchev–Trinajstić information content (AvgIpc) is 2.63. The minimum atomic E-state index is 0.301. The van der Waals surface area contributed by atoms with E-state index in [1.165, 1.54) is 0 Å². The van der Waals surface area contributed by atoms with Gasteiger partial charge in [0.2, 0.25) is 11.8 Å². The van der Waals surface area contributed by atoms with Crippen LogP contribution in [0.4, 0.5) is 11.8 Å². The van der Waals surface area contributed by atoms with Crippen LogP contribution in [0.25, 0.3) is 0 Å². The van der Waals surface area contributed by atoms with Crippen LogP contribution in [0.5, 0.6) is 11.9 Å². The molecule has 128 valence electrons. The molecule has 0 radical (unpaired) electrons. The molecule has 1 saturated heterocycles. The van der Waals surface area contributed by atoms with Gasteiger partial charge in [-0.05, 0) is 0 Å². The van der Waals surface area contributed by atoms with Crippen molar-refractivity contribution >= 4 is 11.8 Å². The largest absolute Gasteiger partial charge is 0.481 e. The fourth-order valence-corrected chi connectivity index (χ4v) is 2.59. The van der Waals surface area contributed by atoms with Crippen LogP contribution in [-0.4, -0.2) is 65.2 Å². The lowest BCUT2D eigenvalue weighted by molar-refractivity contribution is 0.248. The Morgan fingerprint density at radius 3 is 2.38 bits per heavy atom. The summed E-state index contributed by atoms with van der Waals surface area (Å²) in [6.45, 7) is 4.36. The van der Waals surface area contributed by atoms with E-state index in [1.807, 2.05) is 6.07 Å². The maximum absolute atomic E-state index is 5.51. The van der Waals surface area contributed by atoms with Crippen molar-refractivity contribution in [2.24, 2.45) is 0 Å². The molecule has 0 aromatic carbocycles. The summed E-state index contributed by atoms with van der Waals surface area (Å²) in [5, 5.41) is 0. The average molecular weight is 331 g/mol. The monoisotopic (exact) mass is 331 g/mol. The maximum atomic E-state index is 5.51. The third-order valence-corrected chi connectivity index (χ3v) is 3.89. The molecule has 1 aliphatic rings. The predicted molar refractivity (Wildman–Crippen MR) is 89.1 cm³/mol. The molecule has 2 aromatic rings. The quantitative estimate of drug-likeness (QED) is 0.822. The molecule has 0 bridgehead atoms. The van der Waals surface area contributed by atoms with Crippen molar-refractivity contribution in [3.8, 4) is 11.9 Å². The molecule has 0 atom stereocenters. The number of hydrogen-bond donors (Lipinski definition) is 1. The fraction of sp³-hybridized carbons (Fsp3) is 0.467. The molecule has 2 aromatic heterocycles. The van der Waals surface area contributed by atoms with Gasteiger partial charge in [-0.1, -0.05) is 0 Å². The number of hydrogen-bond acceptors (Lipinski definition) is 9. The number of anilines is 2. The van der Waals surface area contributed by atoms with Gasteiger partial charge in [-0.25, -0.2) is 9.97 Å². The number of aromatic nitrogens is 4. The van der Waals surface area contributed by atoms with Gasteiger partial charge in [-0.2, -0.15) is 9.97 Å². The van der Waals surface area contributed by atoms with E-state index in [4.69, 9.17) is 15.2 Å². The summed E-state index contributed by atoms with van der Waals surface area (Å²) in [4.78, 5) is 21.1. The van der Waals surface area contributed by atoms with E-state index in [9.17, 15) is 0 Å². The second-order valence-corrected chi connectivity index (χ2v) is 5.47. The Morgan fingerprint density at radius 2 is 1.75 bits per heavy atom. The third kappa shape index (κ3) is 3.80. The lowest BCUT2D eigenvalue weighted by Crippen LogP contribution is -2.46. The van der Waals surface area contributed by atoms with Gasteiger partial charge in [0.1, 0.15) is 5.82 Å². The van der Waals surface area contributed by atoms with E-state index in [0.717, 1.165) is 44.1 Å². The molecule has 1 fully saturated rings. The van der Waals surface area contributed by atoms with E-state index in [2.05, 4.69) is 29.7 Å². The minimum absolute atomic E-state index is 0.301. The van der Waals surface area contributed by atoms with E-state index < -0.39 is 0 Å². The van der Waals surface area contributed by atoms with E-state index in [-0.39, 0.29) is 0 Å². The smallest absolute Gasteiger partial charge is 0.321 e. The summed E-state index contributed by atoms with van der Waals surface area (Å²) in [5.74, 6) is 1.61. The summed E-state index contributed by atoms with van der Waals surface area (Å²) < 4.78 is 10.3.